The van der Waals surface area contributed by atoms with E-state index in [1.54, 1.807) is 14.2 Å². The molecule has 27 heavy (non-hydrogen) atoms. The number of nitrogens with one attached hydrogen (secondary N) is 1. The number of methoxy groups -OCH3 is 2. The van der Waals surface area contributed by atoms with Crippen molar-refractivity contribution in [2.45, 2.75) is 26.4 Å². The second kappa shape index (κ2) is 7.36. The Morgan fingerprint density at radius 2 is 2.00 bits per heavy atom. The quantitative estimate of drug-likeness (QED) is 0.749. The minimum absolute atomic E-state index is 0.704. The van der Waals surface area contributed by atoms with Gasteiger partial charge in [-0.25, -0.2) is 9.97 Å². The van der Waals surface area contributed by atoms with E-state index < -0.39 is 0 Å². The third-order valence-corrected chi connectivity index (χ3v) is 4.92. The zero-order valence-electron chi connectivity index (χ0n) is 15.8. The van der Waals surface area contributed by atoms with Crippen molar-refractivity contribution in [1.82, 2.24) is 25.1 Å². The largest absolute Gasteiger partial charge is 0.493 e. The number of aryl methyl sites for hydroxylation is 1. The van der Waals surface area contributed by atoms with E-state index >= 15 is 0 Å². The molecule has 1 aromatic carbocycles. The lowest BCUT2D eigenvalue weighted by atomic mass is 10.0. The molecule has 0 unspecified atom stereocenters. The number of ether oxygens (including phenoxy) is 2. The lowest BCUT2D eigenvalue weighted by Crippen LogP contribution is -2.31. The van der Waals surface area contributed by atoms with Crippen LogP contribution in [-0.2, 0) is 19.5 Å². The molecule has 0 atom stereocenters. The summed E-state index contributed by atoms with van der Waals surface area (Å²) < 4.78 is 10.8. The molecule has 0 saturated carbocycles. The second-order valence-corrected chi connectivity index (χ2v) is 6.69. The number of nitrogens with zero attached hydrogens (tertiary/aromatic N) is 4. The summed E-state index contributed by atoms with van der Waals surface area (Å²) >= 11 is 0. The molecule has 0 amide bonds. The standard InChI is InChI=1S/C20H23N5O2/c1-13-21-9-15-11-25(7-6-17(15)23-13)12-16-10-22-24-20(16)14-4-5-18(26-2)19(8-14)27-3/h4-5,8-10H,6-7,11-12H2,1-3H3,(H,22,24). The molecule has 1 N–H and O–H groups in total. The molecule has 7 heteroatoms. The number of aromatic nitrogens is 4. The minimum atomic E-state index is 0.704. The van der Waals surface area contributed by atoms with Gasteiger partial charge in [0, 0.05) is 54.6 Å². The van der Waals surface area contributed by atoms with Crippen molar-refractivity contribution >= 4 is 0 Å². The van der Waals surface area contributed by atoms with Gasteiger partial charge in [-0.1, -0.05) is 0 Å². The van der Waals surface area contributed by atoms with Gasteiger partial charge >= 0.3 is 0 Å². The van der Waals surface area contributed by atoms with E-state index in [4.69, 9.17) is 9.47 Å². The molecule has 0 fully saturated rings. The Morgan fingerprint density at radius 1 is 1.15 bits per heavy atom. The molecule has 0 saturated heterocycles. The van der Waals surface area contributed by atoms with Gasteiger partial charge in [0.05, 0.1) is 26.1 Å². The van der Waals surface area contributed by atoms with Crippen LogP contribution in [-0.4, -0.2) is 45.8 Å². The molecule has 0 spiro atoms. The van der Waals surface area contributed by atoms with E-state index in [1.165, 1.54) is 11.3 Å². The maximum Gasteiger partial charge on any atom is 0.161 e. The van der Waals surface area contributed by atoms with Crippen LogP contribution in [0, 0.1) is 6.92 Å². The minimum Gasteiger partial charge on any atom is -0.493 e. The van der Waals surface area contributed by atoms with Gasteiger partial charge in [-0.3, -0.25) is 10.00 Å². The fraction of sp³-hybridized carbons (Fsp3) is 0.350. The van der Waals surface area contributed by atoms with E-state index in [1.807, 2.05) is 37.5 Å². The Balaban J connectivity index is 1.56. The first kappa shape index (κ1) is 17.5. The molecule has 1 aliphatic heterocycles. The monoisotopic (exact) mass is 365 g/mol. The van der Waals surface area contributed by atoms with Gasteiger partial charge in [-0.05, 0) is 25.1 Å². The molecule has 1 aliphatic rings. The Kier molecular flexibility index (Phi) is 4.77. The SMILES string of the molecule is COc1ccc(-c2[nH]ncc2CN2CCc3nc(C)ncc3C2)cc1OC. The van der Waals surface area contributed by atoms with Crippen LogP contribution < -0.4 is 9.47 Å². The van der Waals surface area contributed by atoms with Crippen molar-refractivity contribution in [3.8, 4) is 22.8 Å². The van der Waals surface area contributed by atoms with Crippen LogP contribution in [0.5, 0.6) is 11.5 Å². The van der Waals surface area contributed by atoms with Gasteiger partial charge in [0.15, 0.2) is 11.5 Å². The highest BCUT2D eigenvalue weighted by Crippen LogP contribution is 2.33. The summed E-state index contributed by atoms with van der Waals surface area (Å²) in [5.74, 6) is 2.26. The fourth-order valence-electron chi connectivity index (χ4n) is 3.52. The number of aromatic amines is 1. The molecule has 0 aliphatic carbocycles. The molecular formula is C20H23N5O2. The van der Waals surface area contributed by atoms with Gasteiger partial charge < -0.3 is 9.47 Å². The summed E-state index contributed by atoms with van der Waals surface area (Å²) in [7, 11) is 3.28. The molecule has 140 valence electrons. The van der Waals surface area contributed by atoms with Crippen LogP contribution in [0.15, 0.2) is 30.6 Å². The highest BCUT2D eigenvalue weighted by Gasteiger charge is 2.20. The average Bonchev–Trinajstić information content (AvgIpc) is 3.15. The second-order valence-electron chi connectivity index (χ2n) is 6.69. The fourth-order valence-corrected chi connectivity index (χ4v) is 3.52. The smallest absolute Gasteiger partial charge is 0.161 e. The molecule has 0 radical (unpaired) electrons. The topological polar surface area (TPSA) is 76.2 Å². The van der Waals surface area contributed by atoms with Crippen LogP contribution in [0.25, 0.3) is 11.3 Å². The predicted molar refractivity (Wildman–Crippen MR) is 102 cm³/mol. The van der Waals surface area contributed by atoms with Crippen LogP contribution in [0.3, 0.4) is 0 Å². The summed E-state index contributed by atoms with van der Waals surface area (Å²) in [5.41, 5.74) is 5.56. The molecule has 7 nitrogen and oxygen atoms in total. The van der Waals surface area contributed by atoms with Crippen LogP contribution in [0.4, 0.5) is 0 Å². The molecule has 2 aromatic heterocycles. The van der Waals surface area contributed by atoms with E-state index in [-0.39, 0.29) is 0 Å². The summed E-state index contributed by atoms with van der Waals surface area (Å²) in [5, 5.41) is 7.40. The molecule has 4 rings (SSSR count). The van der Waals surface area contributed by atoms with Crippen LogP contribution in [0.1, 0.15) is 22.6 Å². The number of fused-ring (bicyclic) bond motifs is 1. The Bertz CT molecular complexity index is 953. The third-order valence-electron chi connectivity index (χ3n) is 4.92. The Labute approximate surface area is 158 Å². The first-order chi connectivity index (χ1) is 13.2. The number of rotatable bonds is 5. The van der Waals surface area contributed by atoms with Crippen molar-refractivity contribution in [3.63, 3.8) is 0 Å². The Morgan fingerprint density at radius 3 is 2.81 bits per heavy atom. The average molecular weight is 365 g/mol. The summed E-state index contributed by atoms with van der Waals surface area (Å²) in [4.78, 5) is 11.3. The van der Waals surface area contributed by atoms with Gasteiger partial charge in [0.25, 0.3) is 0 Å². The molecule has 0 bridgehead atoms. The van der Waals surface area contributed by atoms with Gasteiger partial charge in [0.1, 0.15) is 5.82 Å². The zero-order chi connectivity index (χ0) is 18.8. The summed E-state index contributed by atoms with van der Waals surface area (Å²) in [6.07, 6.45) is 4.80. The van der Waals surface area contributed by atoms with E-state index in [0.717, 1.165) is 48.7 Å². The van der Waals surface area contributed by atoms with Crippen molar-refractivity contribution in [2.24, 2.45) is 0 Å². The zero-order valence-corrected chi connectivity index (χ0v) is 15.8. The number of hydrogen-bond acceptors (Lipinski definition) is 6. The van der Waals surface area contributed by atoms with E-state index in [2.05, 4.69) is 25.1 Å². The van der Waals surface area contributed by atoms with Crippen LogP contribution in [0.2, 0.25) is 0 Å². The molecule has 3 heterocycles. The Hall–Kier alpha value is -2.93. The van der Waals surface area contributed by atoms with Crippen LogP contribution >= 0.6 is 0 Å². The number of H-pyrrole nitrogens is 1. The predicted octanol–water partition coefficient (Wildman–Crippen LogP) is 2.75. The van der Waals surface area contributed by atoms with E-state index in [9.17, 15) is 0 Å². The van der Waals surface area contributed by atoms with Gasteiger partial charge in [-0.15, -0.1) is 0 Å². The molecular weight excluding hydrogens is 342 g/mol. The third kappa shape index (κ3) is 3.50. The van der Waals surface area contributed by atoms with Crippen molar-refractivity contribution < 1.29 is 9.47 Å². The lowest BCUT2D eigenvalue weighted by molar-refractivity contribution is 0.243. The van der Waals surface area contributed by atoms with Crippen molar-refractivity contribution in [1.29, 1.82) is 0 Å². The number of hydrogen-bond donors (Lipinski definition) is 1. The van der Waals surface area contributed by atoms with Crippen molar-refractivity contribution in [2.75, 3.05) is 20.8 Å². The summed E-state index contributed by atoms with van der Waals surface area (Å²) in [6.45, 7) is 4.58. The highest BCUT2D eigenvalue weighted by molar-refractivity contribution is 5.66. The normalized spacial score (nSPS) is 14.0. The number of benzene rings is 1. The molecule has 3 aromatic rings. The maximum absolute atomic E-state index is 5.43. The summed E-state index contributed by atoms with van der Waals surface area (Å²) in [6, 6.07) is 5.90. The van der Waals surface area contributed by atoms with E-state index in [0.29, 0.717) is 11.5 Å². The first-order valence-corrected chi connectivity index (χ1v) is 8.96. The highest BCUT2D eigenvalue weighted by atomic mass is 16.5. The van der Waals surface area contributed by atoms with Gasteiger partial charge in [-0.2, -0.15) is 5.10 Å². The van der Waals surface area contributed by atoms with Gasteiger partial charge in [0.2, 0.25) is 0 Å². The van der Waals surface area contributed by atoms with Crippen molar-refractivity contribution in [3.05, 3.63) is 53.2 Å². The first-order valence-electron chi connectivity index (χ1n) is 8.96. The maximum atomic E-state index is 5.43. The lowest BCUT2D eigenvalue weighted by Gasteiger charge is -2.27.